The number of hydrogen-bond donors (Lipinski definition) is 1. The SMILES string of the molecule is O=C(Cn1cc(C(F)(F)F)ccc1=O)Nc1ccc(N2CCOCC2)nc1. The second-order valence-electron chi connectivity index (χ2n) is 5.93. The molecule has 0 aromatic carbocycles. The molecule has 0 unspecified atom stereocenters. The van der Waals surface area contributed by atoms with Crippen LogP contribution in [0.1, 0.15) is 5.56 Å². The fraction of sp³-hybridized carbons (Fsp3) is 0.353. The van der Waals surface area contributed by atoms with Gasteiger partial charge in [-0.3, -0.25) is 9.59 Å². The van der Waals surface area contributed by atoms with Crippen molar-refractivity contribution in [1.82, 2.24) is 9.55 Å². The highest BCUT2D eigenvalue weighted by Crippen LogP contribution is 2.28. The minimum atomic E-state index is -4.59. The summed E-state index contributed by atoms with van der Waals surface area (Å²) in [6, 6.07) is 4.85. The Bertz CT molecular complexity index is 859. The van der Waals surface area contributed by atoms with Gasteiger partial charge in [0, 0.05) is 25.4 Å². The molecule has 3 heterocycles. The Kier molecular flexibility index (Phi) is 5.45. The van der Waals surface area contributed by atoms with E-state index in [1.165, 1.54) is 6.20 Å². The Hall–Kier alpha value is -2.88. The number of pyridine rings is 2. The maximum Gasteiger partial charge on any atom is 0.417 e. The largest absolute Gasteiger partial charge is 0.417 e. The van der Waals surface area contributed by atoms with Crippen LogP contribution in [0.5, 0.6) is 0 Å². The number of morpholine rings is 1. The van der Waals surface area contributed by atoms with Gasteiger partial charge in [0.25, 0.3) is 5.56 Å². The lowest BCUT2D eigenvalue weighted by molar-refractivity contribution is -0.138. The van der Waals surface area contributed by atoms with Gasteiger partial charge in [0.1, 0.15) is 12.4 Å². The van der Waals surface area contributed by atoms with Crippen LogP contribution >= 0.6 is 0 Å². The van der Waals surface area contributed by atoms with E-state index >= 15 is 0 Å². The van der Waals surface area contributed by atoms with Gasteiger partial charge in [-0.05, 0) is 18.2 Å². The van der Waals surface area contributed by atoms with Crippen molar-refractivity contribution in [2.75, 3.05) is 36.5 Å². The lowest BCUT2D eigenvalue weighted by Crippen LogP contribution is -2.36. The van der Waals surface area contributed by atoms with E-state index in [4.69, 9.17) is 4.74 Å². The zero-order valence-electron chi connectivity index (χ0n) is 14.2. The average Bonchev–Trinajstić information content (AvgIpc) is 2.64. The number of amides is 1. The molecule has 27 heavy (non-hydrogen) atoms. The summed E-state index contributed by atoms with van der Waals surface area (Å²) in [5.41, 5.74) is -1.30. The first-order valence-corrected chi connectivity index (χ1v) is 8.19. The second-order valence-corrected chi connectivity index (χ2v) is 5.93. The van der Waals surface area contributed by atoms with Gasteiger partial charge in [-0.15, -0.1) is 0 Å². The molecule has 1 amide bonds. The molecule has 2 aromatic heterocycles. The van der Waals surface area contributed by atoms with Crippen molar-refractivity contribution in [3.05, 3.63) is 52.6 Å². The molecule has 7 nitrogen and oxygen atoms in total. The summed E-state index contributed by atoms with van der Waals surface area (Å²) in [6.07, 6.45) is -2.51. The van der Waals surface area contributed by atoms with Crippen LogP contribution in [0, 0.1) is 0 Å². The Balaban J connectivity index is 1.65. The maximum absolute atomic E-state index is 12.7. The van der Waals surface area contributed by atoms with Crippen LogP contribution in [0.15, 0.2) is 41.5 Å². The van der Waals surface area contributed by atoms with Gasteiger partial charge in [0.15, 0.2) is 0 Å². The molecule has 3 rings (SSSR count). The molecule has 0 bridgehead atoms. The summed E-state index contributed by atoms with van der Waals surface area (Å²) in [7, 11) is 0. The first-order chi connectivity index (χ1) is 12.8. The van der Waals surface area contributed by atoms with E-state index in [0.717, 1.165) is 25.0 Å². The number of nitrogens with zero attached hydrogens (tertiary/aromatic N) is 3. The van der Waals surface area contributed by atoms with E-state index in [1.54, 1.807) is 12.1 Å². The first-order valence-electron chi connectivity index (χ1n) is 8.19. The molecular formula is C17H17F3N4O3. The predicted octanol–water partition coefficient (Wildman–Crippen LogP) is 1.74. The third-order valence-electron chi connectivity index (χ3n) is 3.99. The first kappa shape index (κ1) is 18.9. The maximum atomic E-state index is 12.7. The molecule has 1 aliphatic rings. The molecule has 0 atom stereocenters. The number of carbonyl (C=O) groups excluding carboxylic acids is 1. The average molecular weight is 382 g/mol. The third-order valence-corrected chi connectivity index (χ3v) is 3.99. The van der Waals surface area contributed by atoms with Crippen molar-refractivity contribution in [2.24, 2.45) is 0 Å². The van der Waals surface area contributed by atoms with Crippen molar-refractivity contribution < 1.29 is 22.7 Å². The zero-order valence-corrected chi connectivity index (χ0v) is 14.2. The predicted molar refractivity (Wildman–Crippen MR) is 91.6 cm³/mol. The Morgan fingerprint density at radius 3 is 2.56 bits per heavy atom. The van der Waals surface area contributed by atoms with Gasteiger partial charge in [-0.2, -0.15) is 13.2 Å². The highest BCUT2D eigenvalue weighted by molar-refractivity contribution is 5.90. The zero-order chi connectivity index (χ0) is 19.4. The molecule has 0 radical (unpaired) electrons. The van der Waals surface area contributed by atoms with Crippen molar-refractivity contribution >= 4 is 17.4 Å². The van der Waals surface area contributed by atoms with E-state index in [1.807, 2.05) is 4.90 Å². The summed E-state index contributed by atoms with van der Waals surface area (Å²) in [5, 5.41) is 2.52. The molecule has 1 aliphatic heterocycles. The van der Waals surface area contributed by atoms with Crippen LogP contribution in [0.2, 0.25) is 0 Å². The lowest BCUT2D eigenvalue weighted by Gasteiger charge is -2.27. The van der Waals surface area contributed by atoms with Crippen LogP contribution in [0.25, 0.3) is 0 Å². The van der Waals surface area contributed by atoms with E-state index < -0.39 is 29.8 Å². The van der Waals surface area contributed by atoms with Gasteiger partial charge < -0.3 is 19.5 Å². The molecule has 10 heteroatoms. The summed E-state index contributed by atoms with van der Waals surface area (Å²) in [5.74, 6) is 0.114. The van der Waals surface area contributed by atoms with Crippen LogP contribution in [-0.4, -0.2) is 41.8 Å². The summed E-state index contributed by atoms with van der Waals surface area (Å²) in [4.78, 5) is 30.1. The minimum Gasteiger partial charge on any atom is -0.378 e. The van der Waals surface area contributed by atoms with Gasteiger partial charge >= 0.3 is 6.18 Å². The number of alkyl halides is 3. The number of aromatic nitrogens is 2. The van der Waals surface area contributed by atoms with Crippen LogP contribution < -0.4 is 15.8 Å². The van der Waals surface area contributed by atoms with Gasteiger partial charge in [0.2, 0.25) is 5.91 Å². The summed E-state index contributed by atoms with van der Waals surface area (Å²) in [6.45, 7) is 2.14. The summed E-state index contributed by atoms with van der Waals surface area (Å²) >= 11 is 0. The number of rotatable bonds is 4. The highest BCUT2D eigenvalue weighted by Gasteiger charge is 2.31. The molecule has 144 valence electrons. The Labute approximate surface area is 152 Å². The lowest BCUT2D eigenvalue weighted by atomic mass is 10.2. The molecule has 2 aromatic rings. The van der Waals surface area contributed by atoms with Crippen LogP contribution in [-0.2, 0) is 22.3 Å². The molecule has 0 aliphatic carbocycles. The number of anilines is 2. The normalized spacial score (nSPS) is 14.9. The smallest absolute Gasteiger partial charge is 0.378 e. The number of halogens is 3. The second kappa shape index (κ2) is 7.78. The van der Waals surface area contributed by atoms with Gasteiger partial charge in [-0.1, -0.05) is 0 Å². The quantitative estimate of drug-likeness (QED) is 0.872. The summed E-state index contributed by atoms with van der Waals surface area (Å²) < 4.78 is 44.2. The number of ether oxygens (including phenoxy) is 1. The van der Waals surface area contributed by atoms with Crippen LogP contribution in [0.4, 0.5) is 24.7 Å². The topological polar surface area (TPSA) is 76.5 Å². The minimum absolute atomic E-state index is 0.386. The number of carbonyl (C=O) groups is 1. The standard InChI is InChI=1S/C17H17F3N4O3/c18-17(19,20)12-1-4-16(26)24(10-12)11-15(25)22-13-2-3-14(21-9-13)23-5-7-27-8-6-23/h1-4,9-10H,5-8,11H2,(H,22,25). The van der Waals surface area contributed by atoms with Crippen molar-refractivity contribution in [3.8, 4) is 0 Å². The molecular weight excluding hydrogens is 365 g/mol. The molecule has 0 saturated carbocycles. The van der Waals surface area contributed by atoms with E-state index in [0.29, 0.717) is 35.7 Å². The van der Waals surface area contributed by atoms with Crippen molar-refractivity contribution in [2.45, 2.75) is 12.7 Å². The monoisotopic (exact) mass is 382 g/mol. The Morgan fingerprint density at radius 2 is 1.93 bits per heavy atom. The fourth-order valence-electron chi connectivity index (χ4n) is 2.62. The van der Waals surface area contributed by atoms with Gasteiger partial charge in [-0.25, -0.2) is 4.98 Å². The number of nitrogens with one attached hydrogen (secondary N) is 1. The molecule has 1 saturated heterocycles. The fourth-order valence-corrected chi connectivity index (χ4v) is 2.62. The third kappa shape index (κ3) is 4.85. The molecule has 1 fully saturated rings. The highest BCUT2D eigenvalue weighted by atomic mass is 19.4. The van der Waals surface area contributed by atoms with E-state index in [2.05, 4.69) is 10.3 Å². The number of hydrogen-bond acceptors (Lipinski definition) is 5. The van der Waals surface area contributed by atoms with Crippen molar-refractivity contribution in [1.29, 1.82) is 0 Å². The van der Waals surface area contributed by atoms with Crippen molar-refractivity contribution in [3.63, 3.8) is 0 Å². The van der Waals surface area contributed by atoms with Gasteiger partial charge in [0.05, 0.1) is 30.7 Å². The molecule has 1 N–H and O–H groups in total. The van der Waals surface area contributed by atoms with E-state index in [9.17, 15) is 22.8 Å². The van der Waals surface area contributed by atoms with Crippen LogP contribution in [0.3, 0.4) is 0 Å². The molecule has 0 spiro atoms. The Morgan fingerprint density at radius 1 is 1.19 bits per heavy atom. The van der Waals surface area contributed by atoms with E-state index in [-0.39, 0.29) is 0 Å².